The van der Waals surface area contributed by atoms with Gasteiger partial charge in [-0.1, -0.05) is 6.08 Å². The minimum Gasteiger partial charge on any atom is -0.449 e. The van der Waals surface area contributed by atoms with Gasteiger partial charge in [-0.2, -0.15) is 0 Å². The smallest absolute Gasteiger partial charge is 0.191 e. The molecule has 0 saturated carbocycles. The normalized spacial score (nSPS) is 12.3. The van der Waals surface area contributed by atoms with Crippen LogP contribution in [0.2, 0.25) is 0 Å². The van der Waals surface area contributed by atoms with E-state index in [4.69, 9.17) is 4.42 Å². The summed E-state index contributed by atoms with van der Waals surface area (Å²) in [6.45, 7) is 3.68. The lowest BCUT2D eigenvalue weighted by molar-refractivity contribution is -0.104. The highest BCUT2D eigenvalue weighted by Crippen LogP contribution is 2.06. The van der Waals surface area contributed by atoms with Gasteiger partial charge >= 0.3 is 0 Å². The molecule has 1 aromatic heterocycles. The monoisotopic (exact) mass is 177 g/mol. The molecular weight excluding hydrogens is 166 g/mol. The Hall–Kier alpha value is -1.64. The van der Waals surface area contributed by atoms with Crippen LogP contribution in [0.4, 0.5) is 0 Å². The minimum atomic E-state index is 0.637. The van der Waals surface area contributed by atoms with E-state index in [1.54, 1.807) is 19.3 Å². The summed E-state index contributed by atoms with van der Waals surface area (Å²) in [5.74, 6) is 0.637. The van der Waals surface area contributed by atoms with Crippen molar-refractivity contribution >= 4 is 12.4 Å². The van der Waals surface area contributed by atoms with E-state index in [1.165, 1.54) is 6.08 Å². The number of rotatable bonds is 3. The van der Waals surface area contributed by atoms with Gasteiger partial charge in [0.25, 0.3) is 0 Å². The summed E-state index contributed by atoms with van der Waals surface area (Å²) < 4.78 is 5.02. The van der Waals surface area contributed by atoms with Crippen molar-refractivity contribution in [2.24, 2.45) is 0 Å². The van der Waals surface area contributed by atoms with E-state index in [2.05, 4.69) is 4.98 Å². The molecule has 0 aromatic carbocycles. The molecule has 0 saturated heterocycles. The largest absolute Gasteiger partial charge is 0.449 e. The third-order valence-electron chi connectivity index (χ3n) is 1.45. The van der Waals surface area contributed by atoms with E-state index in [0.717, 1.165) is 17.6 Å². The second-order valence-electron chi connectivity index (χ2n) is 2.67. The van der Waals surface area contributed by atoms with Crippen LogP contribution in [0.5, 0.6) is 0 Å². The Kier molecular flexibility index (Phi) is 3.20. The van der Waals surface area contributed by atoms with E-state index >= 15 is 0 Å². The molecule has 0 aliphatic heterocycles. The Balaban J connectivity index is 2.75. The molecule has 13 heavy (non-hydrogen) atoms. The number of aryl methyl sites for hydroxylation is 1. The number of oxazole rings is 1. The summed E-state index contributed by atoms with van der Waals surface area (Å²) in [5, 5.41) is 0. The number of aromatic nitrogens is 1. The predicted octanol–water partition coefficient (Wildman–Crippen LogP) is 2.14. The second kappa shape index (κ2) is 4.40. The number of carbonyl (C=O) groups excluding carboxylic acids is 1. The van der Waals surface area contributed by atoms with Gasteiger partial charge in [0.2, 0.25) is 0 Å². The van der Waals surface area contributed by atoms with Gasteiger partial charge in [-0.15, -0.1) is 0 Å². The van der Waals surface area contributed by atoms with Crippen LogP contribution in [0.15, 0.2) is 28.4 Å². The molecule has 0 spiro atoms. The van der Waals surface area contributed by atoms with E-state index in [-0.39, 0.29) is 0 Å². The summed E-state index contributed by atoms with van der Waals surface area (Å²) >= 11 is 0. The molecule has 0 unspecified atom stereocenters. The van der Waals surface area contributed by atoms with Gasteiger partial charge in [0.05, 0.1) is 0 Å². The first-order valence-electron chi connectivity index (χ1n) is 3.94. The van der Waals surface area contributed by atoms with E-state index in [1.807, 2.05) is 13.0 Å². The number of hydrogen-bond acceptors (Lipinski definition) is 3. The van der Waals surface area contributed by atoms with Gasteiger partial charge in [-0.25, -0.2) is 4.98 Å². The molecule has 0 bridgehead atoms. The standard InChI is InChI=1S/C10H11NO2/c1-8(4-3-5-12)6-10-7-13-9(2)11-10/h3-7H,1-2H3. The average molecular weight is 177 g/mol. The molecule has 68 valence electrons. The second-order valence-corrected chi connectivity index (χ2v) is 2.67. The first kappa shape index (κ1) is 9.45. The number of allylic oxidation sites excluding steroid dienone is 3. The van der Waals surface area contributed by atoms with Crippen LogP contribution < -0.4 is 0 Å². The highest BCUT2D eigenvalue weighted by Gasteiger charge is 1.94. The topological polar surface area (TPSA) is 43.1 Å². The number of aldehydes is 1. The van der Waals surface area contributed by atoms with Crippen LogP contribution in [0.1, 0.15) is 18.5 Å². The third-order valence-corrected chi connectivity index (χ3v) is 1.45. The zero-order valence-corrected chi connectivity index (χ0v) is 7.65. The molecule has 0 atom stereocenters. The van der Waals surface area contributed by atoms with Crippen molar-refractivity contribution in [3.63, 3.8) is 0 Å². The highest BCUT2D eigenvalue weighted by molar-refractivity contribution is 5.67. The van der Waals surface area contributed by atoms with Crippen molar-refractivity contribution in [1.82, 2.24) is 4.98 Å². The van der Waals surface area contributed by atoms with Crippen LogP contribution in [-0.2, 0) is 4.79 Å². The molecule has 0 N–H and O–H groups in total. The van der Waals surface area contributed by atoms with Crippen molar-refractivity contribution in [1.29, 1.82) is 0 Å². The quantitative estimate of drug-likeness (QED) is 0.403. The highest BCUT2D eigenvalue weighted by atomic mass is 16.3. The maximum Gasteiger partial charge on any atom is 0.191 e. The molecular formula is C10H11NO2. The number of nitrogens with zero attached hydrogens (tertiary/aromatic N) is 1. The Bertz CT molecular complexity index is 348. The summed E-state index contributed by atoms with van der Waals surface area (Å²) in [6.07, 6.45) is 7.32. The van der Waals surface area contributed by atoms with Gasteiger partial charge in [0.15, 0.2) is 5.89 Å². The zero-order valence-electron chi connectivity index (χ0n) is 7.65. The molecule has 0 fully saturated rings. The predicted molar refractivity (Wildman–Crippen MR) is 50.1 cm³/mol. The van der Waals surface area contributed by atoms with E-state index in [0.29, 0.717) is 5.89 Å². The fraction of sp³-hybridized carbons (Fsp3) is 0.200. The lowest BCUT2D eigenvalue weighted by Crippen LogP contribution is -1.74. The van der Waals surface area contributed by atoms with Crippen molar-refractivity contribution in [3.8, 4) is 0 Å². The van der Waals surface area contributed by atoms with Gasteiger partial charge in [0, 0.05) is 6.92 Å². The van der Waals surface area contributed by atoms with Crippen molar-refractivity contribution in [3.05, 3.63) is 35.6 Å². The Morgan fingerprint density at radius 2 is 2.38 bits per heavy atom. The first-order chi connectivity index (χ1) is 6.22. The van der Waals surface area contributed by atoms with Crippen LogP contribution in [-0.4, -0.2) is 11.3 Å². The van der Waals surface area contributed by atoms with Gasteiger partial charge in [-0.05, 0) is 24.6 Å². The molecule has 1 rings (SSSR count). The van der Waals surface area contributed by atoms with Gasteiger partial charge in [-0.3, -0.25) is 4.79 Å². The molecule has 1 heterocycles. The summed E-state index contributed by atoms with van der Waals surface area (Å²) in [6, 6.07) is 0. The van der Waals surface area contributed by atoms with Gasteiger partial charge < -0.3 is 4.42 Å². The molecule has 0 amide bonds. The van der Waals surface area contributed by atoms with E-state index < -0.39 is 0 Å². The molecule has 0 aliphatic rings. The van der Waals surface area contributed by atoms with Crippen LogP contribution in [0.25, 0.3) is 6.08 Å². The fourth-order valence-corrected chi connectivity index (χ4v) is 0.919. The first-order valence-corrected chi connectivity index (χ1v) is 3.94. The third kappa shape index (κ3) is 3.07. The summed E-state index contributed by atoms with van der Waals surface area (Å²) in [7, 11) is 0. The van der Waals surface area contributed by atoms with Crippen LogP contribution in [0.3, 0.4) is 0 Å². The molecule has 1 aromatic rings. The van der Waals surface area contributed by atoms with Crippen molar-refractivity contribution < 1.29 is 9.21 Å². The van der Waals surface area contributed by atoms with E-state index in [9.17, 15) is 4.79 Å². The minimum absolute atomic E-state index is 0.637. The molecule has 0 radical (unpaired) electrons. The fourth-order valence-electron chi connectivity index (χ4n) is 0.919. The number of hydrogen-bond donors (Lipinski definition) is 0. The van der Waals surface area contributed by atoms with Crippen LogP contribution >= 0.6 is 0 Å². The Labute approximate surface area is 76.8 Å². The molecule has 3 nitrogen and oxygen atoms in total. The summed E-state index contributed by atoms with van der Waals surface area (Å²) in [4.78, 5) is 14.1. The van der Waals surface area contributed by atoms with Crippen molar-refractivity contribution in [2.75, 3.05) is 0 Å². The number of carbonyl (C=O) groups is 1. The van der Waals surface area contributed by atoms with Crippen LogP contribution in [0, 0.1) is 6.92 Å². The molecule has 3 heteroatoms. The zero-order chi connectivity index (χ0) is 9.68. The lowest BCUT2D eigenvalue weighted by atomic mass is 10.2. The van der Waals surface area contributed by atoms with Crippen molar-refractivity contribution in [2.45, 2.75) is 13.8 Å². The van der Waals surface area contributed by atoms with Gasteiger partial charge in [0.1, 0.15) is 18.2 Å². The maximum absolute atomic E-state index is 10.0. The average Bonchev–Trinajstić information content (AvgIpc) is 2.48. The summed E-state index contributed by atoms with van der Waals surface area (Å²) in [5.41, 5.74) is 1.73. The lowest BCUT2D eigenvalue weighted by Gasteiger charge is -1.86. The maximum atomic E-state index is 10.0. The Morgan fingerprint density at radius 3 is 2.92 bits per heavy atom. The SMILES string of the molecule is CC(C=CC=O)=Cc1coc(C)n1. The Morgan fingerprint density at radius 1 is 1.62 bits per heavy atom. The molecule has 0 aliphatic carbocycles.